The van der Waals surface area contributed by atoms with E-state index in [4.69, 9.17) is 10.5 Å². The van der Waals surface area contributed by atoms with Gasteiger partial charge in [0.1, 0.15) is 5.75 Å². The van der Waals surface area contributed by atoms with Crippen LogP contribution in [0.15, 0.2) is 12.1 Å². The largest absolute Gasteiger partial charge is 0.482 e. The number of ether oxygens (including phenoxy) is 1. The Kier molecular flexibility index (Phi) is 2.95. The van der Waals surface area contributed by atoms with E-state index in [0.29, 0.717) is 17.1 Å². The highest BCUT2D eigenvalue weighted by Gasteiger charge is 2.21. The Bertz CT molecular complexity index is 486. The van der Waals surface area contributed by atoms with Gasteiger partial charge in [-0.2, -0.15) is 11.8 Å². The zero-order valence-corrected chi connectivity index (χ0v) is 10.8. The average Bonchev–Trinajstić information content (AvgIpc) is 2.39. The molecule has 2 aliphatic rings. The smallest absolute Gasteiger partial charge is 0.262 e. The van der Waals surface area contributed by atoms with Gasteiger partial charge in [-0.15, -0.1) is 0 Å². The molecule has 2 aliphatic heterocycles. The van der Waals surface area contributed by atoms with E-state index in [1.807, 2.05) is 17.8 Å². The fraction of sp³-hybridized carbons (Fsp3) is 0.417. The molecule has 1 fully saturated rings. The van der Waals surface area contributed by atoms with Crippen molar-refractivity contribution in [3.8, 4) is 5.75 Å². The fourth-order valence-corrected chi connectivity index (χ4v) is 3.11. The van der Waals surface area contributed by atoms with E-state index in [2.05, 4.69) is 10.2 Å². The second-order valence-electron chi connectivity index (χ2n) is 4.34. The van der Waals surface area contributed by atoms with Gasteiger partial charge in [0.2, 0.25) is 0 Å². The molecule has 0 aromatic heterocycles. The van der Waals surface area contributed by atoms with Crippen molar-refractivity contribution >= 4 is 34.7 Å². The van der Waals surface area contributed by atoms with Crippen molar-refractivity contribution in [2.75, 3.05) is 47.2 Å². The van der Waals surface area contributed by atoms with Crippen molar-refractivity contribution in [3.05, 3.63) is 12.1 Å². The molecule has 96 valence electrons. The first-order chi connectivity index (χ1) is 8.74. The van der Waals surface area contributed by atoms with Crippen LogP contribution < -0.4 is 20.7 Å². The molecular formula is C12H15N3O2S. The van der Waals surface area contributed by atoms with Crippen LogP contribution in [0.25, 0.3) is 0 Å². The summed E-state index contributed by atoms with van der Waals surface area (Å²) in [5.74, 6) is 2.76. The molecule has 1 aromatic carbocycles. The summed E-state index contributed by atoms with van der Waals surface area (Å²) in [5, 5.41) is 2.82. The van der Waals surface area contributed by atoms with Crippen molar-refractivity contribution in [2.24, 2.45) is 0 Å². The highest BCUT2D eigenvalue weighted by atomic mass is 32.2. The number of benzene rings is 1. The van der Waals surface area contributed by atoms with E-state index in [-0.39, 0.29) is 12.5 Å². The molecule has 1 saturated heterocycles. The minimum atomic E-state index is -0.118. The molecular weight excluding hydrogens is 250 g/mol. The van der Waals surface area contributed by atoms with E-state index >= 15 is 0 Å². The molecule has 6 heteroatoms. The first-order valence-corrected chi connectivity index (χ1v) is 7.08. The highest BCUT2D eigenvalue weighted by Crippen LogP contribution is 2.37. The van der Waals surface area contributed by atoms with Crippen LogP contribution in [0.5, 0.6) is 5.75 Å². The van der Waals surface area contributed by atoms with Crippen LogP contribution >= 0.6 is 11.8 Å². The highest BCUT2D eigenvalue weighted by molar-refractivity contribution is 7.99. The minimum Gasteiger partial charge on any atom is -0.482 e. The van der Waals surface area contributed by atoms with Gasteiger partial charge in [-0.3, -0.25) is 4.79 Å². The van der Waals surface area contributed by atoms with Crippen molar-refractivity contribution < 1.29 is 9.53 Å². The number of anilines is 3. The van der Waals surface area contributed by atoms with Crippen LogP contribution in [0.1, 0.15) is 0 Å². The van der Waals surface area contributed by atoms with Gasteiger partial charge < -0.3 is 20.7 Å². The zero-order chi connectivity index (χ0) is 12.5. The van der Waals surface area contributed by atoms with Crippen molar-refractivity contribution in [1.82, 2.24) is 0 Å². The molecule has 5 nitrogen and oxygen atoms in total. The molecule has 0 aliphatic carbocycles. The van der Waals surface area contributed by atoms with Gasteiger partial charge in [0.25, 0.3) is 5.91 Å². The Labute approximate surface area is 110 Å². The molecule has 0 saturated carbocycles. The quantitative estimate of drug-likeness (QED) is 0.746. The Hall–Kier alpha value is -1.56. The number of nitrogens with zero attached hydrogens (tertiary/aromatic N) is 1. The van der Waals surface area contributed by atoms with E-state index in [9.17, 15) is 4.79 Å². The maximum atomic E-state index is 11.3. The third-order valence-electron chi connectivity index (χ3n) is 3.11. The number of nitrogen functional groups attached to an aromatic ring is 1. The zero-order valence-electron chi connectivity index (χ0n) is 9.94. The molecule has 3 N–H and O–H groups in total. The number of carbonyl (C=O) groups is 1. The van der Waals surface area contributed by atoms with Crippen molar-refractivity contribution in [1.29, 1.82) is 0 Å². The predicted molar refractivity (Wildman–Crippen MR) is 74.5 cm³/mol. The topological polar surface area (TPSA) is 67.6 Å². The van der Waals surface area contributed by atoms with Gasteiger partial charge in [-0.05, 0) is 6.07 Å². The Morgan fingerprint density at radius 1 is 1.33 bits per heavy atom. The molecule has 0 bridgehead atoms. The number of nitrogens with two attached hydrogens (primary N) is 1. The number of carbonyl (C=O) groups excluding carboxylic acids is 1. The lowest BCUT2D eigenvalue weighted by Crippen LogP contribution is -2.33. The average molecular weight is 265 g/mol. The summed E-state index contributed by atoms with van der Waals surface area (Å²) in [7, 11) is 0. The van der Waals surface area contributed by atoms with Crippen LogP contribution in [0.3, 0.4) is 0 Å². The van der Waals surface area contributed by atoms with Crippen LogP contribution in [0.2, 0.25) is 0 Å². The maximum absolute atomic E-state index is 11.3. The number of thioether (sulfide) groups is 1. The van der Waals surface area contributed by atoms with Crippen LogP contribution in [-0.2, 0) is 4.79 Å². The van der Waals surface area contributed by atoms with Gasteiger partial charge in [0, 0.05) is 30.7 Å². The Morgan fingerprint density at radius 3 is 2.89 bits per heavy atom. The van der Waals surface area contributed by atoms with Crippen LogP contribution in [-0.4, -0.2) is 37.1 Å². The first-order valence-electron chi connectivity index (χ1n) is 5.93. The summed E-state index contributed by atoms with van der Waals surface area (Å²) in [6.07, 6.45) is 0. The molecule has 0 radical (unpaired) electrons. The van der Waals surface area contributed by atoms with Gasteiger partial charge in [0.05, 0.1) is 17.1 Å². The molecule has 1 aromatic rings. The maximum Gasteiger partial charge on any atom is 0.262 e. The van der Waals surface area contributed by atoms with E-state index in [0.717, 1.165) is 30.3 Å². The number of hydrogen-bond donors (Lipinski definition) is 2. The fourth-order valence-electron chi connectivity index (χ4n) is 2.21. The molecule has 2 heterocycles. The summed E-state index contributed by atoms with van der Waals surface area (Å²) in [6, 6.07) is 3.71. The van der Waals surface area contributed by atoms with Gasteiger partial charge in [-0.1, -0.05) is 0 Å². The monoisotopic (exact) mass is 265 g/mol. The first kappa shape index (κ1) is 11.5. The Balaban J connectivity index is 1.94. The number of nitrogens with one attached hydrogen (secondary N) is 1. The lowest BCUT2D eigenvalue weighted by Gasteiger charge is -2.31. The summed E-state index contributed by atoms with van der Waals surface area (Å²) in [6.45, 7) is 2.04. The predicted octanol–water partition coefficient (Wildman–Crippen LogP) is 1.15. The summed E-state index contributed by atoms with van der Waals surface area (Å²) < 4.78 is 5.34. The standard InChI is InChI=1S/C12H15N3O2S/c13-8-5-11-9(14-12(16)7-17-11)6-10(8)15-1-3-18-4-2-15/h5-6H,1-4,7,13H2,(H,14,16). The van der Waals surface area contributed by atoms with Gasteiger partial charge >= 0.3 is 0 Å². The molecule has 1 amide bonds. The lowest BCUT2D eigenvalue weighted by atomic mass is 10.2. The Morgan fingerprint density at radius 2 is 2.11 bits per heavy atom. The SMILES string of the molecule is Nc1cc2c(cc1N1CCSCC1)NC(=O)CO2. The number of rotatable bonds is 1. The molecule has 0 spiro atoms. The molecule has 0 unspecified atom stereocenters. The van der Waals surface area contributed by atoms with Gasteiger partial charge in [0.15, 0.2) is 6.61 Å². The second kappa shape index (κ2) is 4.61. The summed E-state index contributed by atoms with van der Waals surface area (Å²) in [4.78, 5) is 13.6. The molecule has 0 atom stereocenters. The minimum absolute atomic E-state index is 0.0616. The number of amides is 1. The number of hydrogen-bond acceptors (Lipinski definition) is 5. The van der Waals surface area contributed by atoms with Crippen molar-refractivity contribution in [3.63, 3.8) is 0 Å². The third-order valence-corrected chi connectivity index (χ3v) is 4.06. The van der Waals surface area contributed by atoms with Crippen LogP contribution in [0.4, 0.5) is 17.1 Å². The van der Waals surface area contributed by atoms with E-state index in [1.165, 1.54) is 0 Å². The summed E-state index contributed by atoms with van der Waals surface area (Å²) in [5.41, 5.74) is 8.48. The van der Waals surface area contributed by atoms with Crippen molar-refractivity contribution in [2.45, 2.75) is 0 Å². The lowest BCUT2D eigenvalue weighted by molar-refractivity contribution is -0.118. The molecule has 3 rings (SSSR count). The van der Waals surface area contributed by atoms with E-state index in [1.54, 1.807) is 6.07 Å². The van der Waals surface area contributed by atoms with Gasteiger partial charge in [-0.25, -0.2) is 0 Å². The second-order valence-corrected chi connectivity index (χ2v) is 5.57. The molecule has 18 heavy (non-hydrogen) atoms. The van der Waals surface area contributed by atoms with Crippen LogP contribution in [0, 0.1) is 0 Å². The summed E-state index contributed by atoms with van der Waals surface area (Å²) >= 11 is 1.95. The third kappa shape index (κ3) is 2.08. The number of fused-ring (bicyclic) bond motifs is 1. The normalized spacial score (nSPS) is 18.9. The van der Waals surface area contributed by atoms with E-state index < -0.39 is 0 Å².